The molecule has 8 heteroatoms. The zero-order valence-electron chi connectivity index (χ0n) is 10.4. The third-order valence-electron chi connectivity index (χ3n) is 2.74. The Kier molecular flexibility index (Phi) is 3.11. The van der Waals surface area contributed by atoms with E-state index in [-0.39, 0.29) is 10.7 Å². The number of halogens is 2. The smallest absolute Gasteiger partial charge is 0.226 e. The summed E-state index contributed by atoms with van der Waals surface area (Å²) >= 11 is 5.99. The zero-order chi connectivity index (χ0) is 14.1. The van der Waals surface area contributed by atoms with Gasteiger partial charge in [-0.2, -0.15) is 15.1 Å². The van der Waals surface area contributed by atoms with Crippen LogP contribution in [-0.4, -0.2) is 27.2 Å². The van der Waals surface area contributed by atoms with E-state index in [0.29, 0.717) is 22.8 Å². The molecule has 0 saturated carbocycles. The molecular weight excluding hydrogens is 283 g/mol. The number of nitrogens with one attached hydrogen (secondary N) is 3. The number of H-pyrrole nitrogens is 1. The van der Waals surface area contributed by atoms with Crippen molar-refractivity contribution in [3.05, 3.63) is 35.2 Å². The molecule has 0 aliphatic rings. The fourth-order valence-corrected chi connectivity index (χ4v) is 1.99. The number of benzene rings is 1. The maximum absolute atomic E-state index is 13.8. The quantitative estimate of drug-likeness (QED) is 0.692. The number of anilines is 3. The molecule has 0 unspecified atom stereocenters. The van der Waals surface area contributed by atoms with Gasteiger partial charge in [0.05, 0.1) is 22.3 Å². The van der Waals surface area contributed by atoms with Crippen LogP contribution in [0, 0.1) is 5.82 Å². The molecule has 2 aromatic heterocycles. The van der Waals surface area contributed by atoms with E-state index in [0.717, 1.165) is 0 Å². The van der Waals surface area contributed by atoms with Crippen LogP contribution in [-0.2, 0) is 0 Å². The third-order valence-corrected chi connectivity index (χ3v) is 3.05. The Morgan fingerprint density at radius 3 is 2.90 bits per heavy atom. The van der Waals surface area contributed by atoms with Crippen LogP contribution in [0.4, 0.5) is 21.8 Å². The summed E-state index contributed by atoms with van der Waals surface area (Å²) in [6.07, 6.45) is 1.56. The summed E-state index contributed by atoms with van der Waals surface area (Å²) in [5.41, 5.74) is 0.705. The maximum Gasteiger partial charge on any atom is 0.226 e. The fraction of sp³-hybridized carbons (Fsp3) is 0.0833. The predicted octanol–water partition coefficient (Wildman–Crippen LogP) is 2.93. The van der Waals surface area contributed by atoms with E-state index >= 15 is 0 Å². The maximum atomic E-state index is 13.8. The Morgan fingerprint density at radius 1 is 1.30 bits per heavy atom. The number of rotatable bonds is 3. The molecule has 2 heterocycles. The van der Waals surface area contributed by atoms with Crippen LogP contribution in [0.2, 0.25) is 5.02 Å². The monoisotopic (exact) mass is 292 g/mol. The summed E-state index contributed by atoms with van der Waals surface area (Å²) in [6.45, 7) is 0. The summed E-state index contributed by atoms with van der Waals surface area (Å²) < 4.78 is 13.8. The number of nitrogens with zero attached hydrogens (tertiary/aromatic N) is 3. The summed E-state index contributed by atoms with van der Waals surface area (Å²) in [5.74, 6) is 0.343. The number of fused-ring (bicyclic) bond motifs is 1. The van der Waals surface area contributed by atoms with Gasteiger partial charge >= 0.3 is 0 Å². The van der Waals surface area contributed by atoms with Crippen molar-refractivity contribution in [1.82, 2.24) is 20.2 Å². The molecule has 0 radical (unpaired) electrons. The molecule has 0 amide bonds. The first-order valence-corrected chi connectivity index (χ1v) is 6.16. The summed E-state index contributed by atoms with van der Waals surface area (Å²) in [6, 6.07) is 4.45. The van der Waals surface area contributed by atoms with Crippen LogP contribution in [0.5, 0.6) is 0 Å². The topological polar surface area (TPSA) is 78.5 Å². The summed E-state index contributed by atoms with van der Waals surface area (Å²) in [5, 5.41) is 13.3. The highest BCUT2D eigenvalue weighted by atomic mass is 35.5. The highest BCUT2D eigenvalue weighted by Gasteiger charge is 2.13. The average Bonchev–Trinajstić information content (AvgIpc) is 2.91. The van der Waals surface area contributed by atoms with E-state index in [2.05, 4.69) is 30.8 Å². The zero-order valence-corrected chi connectivity index (χ0v) is 11.2. The first-order valence-electron chi connectivity index (χ1n) is 5.79. The number of aromatic amines is 1. The second-order valence-electron chi connectivity index (χ2n) is 4.00. The molecule has 3 rings (SSSR count). The largest absolute Gasteiger partial charge is 0.357 e. The Labute approximate surface area is 118 Å². The third kappa shape index (κ3) is 2.12. The van der Waals surface area contributed by atoms with Gasteiger partial charge in [-0.3, -0.25) is 5.10 Å². The molecule has 0 spiro atoms. The summed E-state index contributed by atoms with van der Waals surface area (Å²) in [7, 11) is 1.69. The van der Waals surface area contributed by atoms with Crippen molar-refractivity contribution in [3.8, 4) is 0 Å². The first-order chi connectivity index (χ1) is 9.69. The molecule has 6 nitrogen and oxygen atoms in total. The highest BCUT2D eigenvalue weighted by molar-refractivity contribution is 6.33. The molecule has 0 saturated heterocycles. The van der Waals surface area contributed by atoms with Gasteiger partial charge in [0.1, 0.15) is 11.6 Å². The van der Waals surface area contributed by atoms with Gasteiger partial charge in [0.2, 0.25) is 5.95 Å². The van der Waals surface area contributed by atoms with Crippen molar-refractivity contribution in [1.29, 1.82) is 0 Å². The lowest BCUT2D eigenvalue weighted by molar-refractivity contribution is 0.632. The van der Waals surface area contributed by atoms with Gasteiger partial charge < -0.3 is 10.6 Å². The number of hydrogen-bond donors (Lipinski definition) is 3. The normalized spacial score (nSPS) is 10.8. The van der Waals surface area contributed by atoms with Gasteiger partial charge in [-0.1, -0.05) is 17.7 Å². The molecule has 3 N–H and O–H groups in total. The van der Waals surface area contributed by atoms with Crippen molar-refractivity contribution in [2.24, 2.45) is 0 Å². The van der Waals surface area contributed by atoms with E-state index in [9.17, 15) is 4.39 Å². The predicted molar refractivity (Wildman–Crippen MR) is 75.9 cm³/mol. The lowest BCUT2D eigenvalue weighted by atomic mass is 10.3. The molecule has 20 heavy (non-hydrogen) atoms. The molecule has 0 aliphatic heterocycles. The van der Waals surface area contributed by atoms with Gasteiger partial charge in [-0.15, -0.1) is 0 Å². The molecular formula is C12H10ClFN6. The number of para-hydroxylation sites is 1. The average molecular weight is 293 g/mol. The Hall–Kier alpha value is -2.41. The van der Waals surface area contributed by atoms with Gasteiger partial charge in [0.25, 0.3) is 0 Å². The van der Waals surface area contributed by atoms with E-state index in [1.165, 1.54) is 12.1 Å². The van der Waals surface area contributed by atoms with Gasteiger partial charge in [0.15, 0.2) is 5.65 Å². The Balaban J connectivity index is 2.12. The standard InChI is InChI=1S/C12H10ClFN6/c1-15-12-18-10(6-5-16-20-11(6)19-12)17-9-7(13)3-2-4-8(9)14/h2-5H,1H3,(H3,15,16,17,18,19,20). The molecule has 1 aromatic carbocycles. The van der Waals surface area contributed by atoms with Crippen molar-refractivity contribution in [2.75, 3.05) is 17.7 Å². The van der Waals surface area contributed by atoms with Gasteiger partial charge in [-0.25, -0.2) is 4.39 Å². The van der Waals surface area contributed by atoms with Crippen LogP contribution in [0.1, 0.15) is 0 Å². The minimum absolute atomic E-state index is 0.164. The van der Waals surface area contributed by atoms with Crippen molar-refractivity contribution < 1.29 is 4.39 Å². The Morgan fingerprint density at radius 2 is 2.15 bits per heavy atom. The van der Waals surface area contributed by atoms with Crippen LogP contribution in [0.3, 0.4) is 0 Å². The van der Waals surface area contributed by atoms with Crippen LogP contribution >= 0.6 is 11.6 Å². The number of aromatic nitrogens is 4. The highest BCUT2D eigenvalue weighted by Crippen LogP contribution is 2.30. The van der Waals surface area contributed by atoms with E-state index in [1.807, 2.05) is 0 Å². The van der Waals surface area contributed by atoms with E-state index in [1.54, 1.807) is 19.3 Å². The van der Waals surface area contributed by atoms with Crippen molar-refractivity contribution in [2.45, 2.75) is 0 Å². The summed E-state index contributed by atoms with van der Waals surface area (Å²) in [4.78, 5) is 8.44. The molecule has 0 bridgehead atoms. The van der Waals surface area contributed by atoms with Crippen LogP contribution in [0.15, 0.2) is 24.4 Å². The van der Waals surface area contributed by atoms with Gasteiger partial charge in [-0.05, 0) is 12.1 Å². The molecule has 0 aliphatic carbocycles. The van der Waals surface area contributed by atoms with Gasteiger partial charge in [0, 0.05) is 7.05 Å². The Bertz CT molecular complexity index is 751. The van der Waals surface area contributed by atoms with E-state index < -0.39 is 5.82 Å². The SMILES string of the molecule is CNc1nc(Nc2c(F)cccc2Cl)c2cn[nH]c2n1. The molecule has 102 valence electrons. The molecule has 0 fully saturated rings. The minimum atomic E-state index is -0.459. The second kappa shape index (κ2) is 4.93. The minimum Gasteiger partial charge on any atom is -0.357 e. The van der Waals surface area contributed by atoms with Crippen molar-refractivity contribution >= 4 is 40.1 Å². The van der Waals surface area contributed by atoms with Crippen LogP contribution in [0.25, 0.3) is 11.0 Å². The molecule has 0 atom stereocenters. The lowest BCUT2D eigenvalue weighted by Gasteiger charge is -2.10. The van der Waals surface area contributed by atoms with Crippen LogP contribution < -0.4 is 10.6 Å². The molecule has 3 aromatic rings. The second-order valence-corrected chi connectivity index (χ2v) is 4.41. The van der Waals surface area contributed by atoms with Crippen molar-refractivity contribution in [3.63, 3.8) is 0 Å². The first kappa shape index (κ1) is 12.6. The van der Waals surface area contributed by atoms with E-state index in [4.69, 9.17) is 11.6 Å². The fourth-order valence-electron chi connectivity index (χ4n) is 1.78. The lowest BCUT2D eigenvalue weighted by Crippen LogP contribution is -2.02. The number of hydrogen-bond acceptors (Lipinski definition) is 5.